The predicted octanol–water partition coefficient (Wildman–Crippen LogP) is -0.212. The number of carbonyl (C=O) groups is 3. The molecule has 0 aliphatic rings. The summed E-state index contributed by atoms with van der Waals surface area (Å²) in [7, 11) is 0. The van der Waals surface area contributed by atoms with Crippen LogP contribution in [0.3, 0.4) is 0 Å². The molecule has 4 N–H and O–H groups in total. The second-order valence-electron chi connectivity index (χ2n) is 3.29. The van der Waals surface area contributed by atoms with E-state index in [9.17, 15) is 14.4 Å². The molecule has 0 saturated heterocycles. The number of rotatable bonds is 8. The highest BCUT2D eigenvalue weighted by atomic mass is 16.4. The molecule has 0 rings (SSSR count). The molecule has 90 valence electrons. The lowest BCUT2D eigenvalue weighted by molar-refractivity contribution is -0.142. The van der Waals surface area contributed by atoms with Crippen molar-refractivity contribution < 1.29 is 19.5 Å². The summed E-state index contributed by atoms with van der Waals surface area (Å²) >= 11 is 0. The molecular weight excluding hydrogens is 212 g/mol. The van der Waals surface area contributed by atoms with Gasteiger partial charge in [0.05, 0.1) is 0 Å². The van der Waals surface area contributed by atoms with Gasteiger partial charge in [-0.15, -0.1) is 6.58 Å². The van der Waals surface area contributed by atoms with Crippen LogP contribution in [0.25, 0.3) is 0 Å². The molecule has 0 radical (unpaired) electrons. The van der Waals surface area contributed by atoms with Gasteiger partial charge in [-0.1, -0.05) is 6.08 Å². The van der Waals surface area contributed by atoms with Crippen molar-refractivity contribution in [2.75, 3.05) is 0 Å². The van der Waals surface area contributed by atoms with Gasteiger partial charge in [0, 0.05) is 12.8 Å². The molecule has 6 heteroatoms. The average Bonchev–Trinajstić information content (AvgIpc) is 2.20. The molecule has 1 atom stereocenters. The standard InChI is InChI=1S/C10H16N2O4/c1-2-3-4-9(14)12-7(10(15)16)5-6-8(11)13/h2,7H,1,3-6H2,(H2,11,13)(H,12,14)(H,15,16). The normalized spacial score (nSPS) is 11.5. The fourth-order valence-electron chi connectivity index (χ4n) is 1.04. The van der Waals surface area contributed by atoms with Crippen molar-refractivity contribution in [2.45, 2.75) is 31.7 Å². The monoisotopic (exact) mass is 228 g/mol. The SMILES string of the molecule is C=CCCC(=O)NC(CCC(N)=O)C(=O)O. The minimum atomic E-state index is -1.17. The fraction of sp³-hybridized carbons (Fsp3) is 0.500. The number of aliphatic carboxylic acids is 1. The third-order valence-electron chi connectivity index (χ3n) is 1.89. The van der Waals surface area contributed by atoms with Crippen LogP contribution >= 0.6 is 0 Å². The highest BCUT2D eigenvalue weighted by molar-refractivity contribution is 5.84. The fourth-order valence-corrected chi connectivity index (χ4v) is 1.04. The second-order valence-corrected chi connectivity index (χ2v) is 3.29. The summed E-state index contributed by atoms with van der Waals surface area (Å²) < 4.78 is 0. The van der Waals surface area contributed by atoms with E-state index in [2.05, 4.69) is 11.9 Å². The maximum Gasteiger partial charge on any atom is 0.326 e. The Kier molecular flexibility index (Phi) is 6.58. The van der Waals surface area contributed by atoms with Crippen molar-refractivity contribution in [3.05, 3.63) is 12.7 Å². The predicted molar refractivity (Wildman–Crippen MR) is 57.4 cm³/mol. The average molecular weight is 228 g/mol. The van der Waals surface area contributed by atoms with E-state index in [4.69, 9.17) is 10.8 Å². The van der Waals surface area contributed by atoms with E-state index >= 15 is 0 Å². The van der Waals surface area contributed by atoms with Crippen molar-refractivity contribution >= 4 is 17.8 Å². The summed E-state index contributed by atoms with van der Waals surface area (Å²) in [5.41, 5.74) is 4.89. The van der Waals surface area contributed by atoms with Gasteiger partial charge in [-0.2, -0.15) is 0 Å². The number of carboxylic acid groups (broad SMARTS) is 1. The van der Waals surface area contributed by atoms with Crippen LogP contribution in [0.15, 0.2) is 12.7 Å². The molecular formula is C10H16N2O4. The van der Waals surface area contributed by atoms with E-state index in [0.717, 1.165) is 0 Å². The topological polar surface area (TPSA) is 109 Å². The maximum absolute atomic E-state index is 11.2. The summed E-state index contributed by atoms with van der Waals surface area (Å²) in [5.74, 6) is -2.14. The molecule has 0 aromatic rings. The van der Waals surface area contributed by atoms with Gasteiger partial charge < -0.3 is 16.2 Å². The van der Waals surface area contributed by atoms with Crippen LogP contribution in [0.1, 0.15) is 25.7 Å². The van der Waals surface area contributed by atoms with Gasteiger partial charge in [0.25, 0.3) is 0 Å². The zero-order chi connectivity index (χ0) is 12.6. The molecule has 1 unspecified atom stereocenters. The van der Waals surface area contributed by atoms with Crippen LogP contribution in [-0.2, 0) is 14.4 Å². The molecule has 0 spiro atoms. The van der Waals surface area contributed by atoms with E-state index in [1.165, 1.54) is 0 Å². The first kappa shape index (κ1) is 14.2. The molecule has 6 nitrogen and oxygen atoms in total. The molecule has 0 saturated carbocycles. The minimum absolute atomic E-state index is 0.00446. The Morgan fingerprint density at radius 1 is 1.38 bits per heavy atom. The van der Waals surface area contributed by atoms with Crippen molar-refractivity contribution in [1.29, 1.82) is 0 Å². The summed E-state index contributed by atoms with van der Waals surface area (Å²) in [6, 6.07) is -1.06. The molecule has 16 heavy (non-hydrogen) atoms. The molecule has 0 aromatic carbocycles. The third kappa shape index (κ3) is 6.58. The maximum atomic E-state index is 11.2. The van der Waals surface area contributed by atoms with Gasteiger partial charge >= 0.3 is 5.97 Å². The van der Waals surface area contributed by atoms with Gasteiger partial charge in [0.1, 0.15) is 6.04 Å². The summed E-state index contributed by atoms with van der Waals surface area (Å²) in [6.45, 7) is 3.45. The quantitative estimate of drug-likeness (QED) is 0.499. The Labute approximate surface area is 93.5 Å². The third-order valence-corrected chi connectivity index (χ3v) is 1.89. The summed E-state index contributed by atoms with van der Waals surface area (Å²) in [5, 5.41) is 11.1. The highest BCUT2D eigenvalue weighted by Gasteiger charge is 2.19. The zero-order valence-corrected chi connectivity index (χ0v) is 8.94. The Bertz CT molecular complexity index is 289. The Morgan fingerprint density at radius 2 is 2.00 bits per heavy atom. The van der Waals surface area contributed by atoms with E-state index in [1.807, 2.05) is 0 Å². The van der Waals surface area contributed by atoms with Crippen LogP contribution in [0.4, 0.5) is 0 Å². The summed E-state index contributed by atoms with van der Waals surface area (Å²) in [6.07, 6.45) is 2.17. The van der Waals surface area contributed by atoms with Crippen molar-refractivity contribution in [3.63, 3.8) is 0 Å². The molecule has 0 aromatic heterocycles. The molecule has 0 fully saturated rings. The first-order chi connectivity index (χ1) is 7.47. The highest BCUT2D eigenvalue weighted by Crippen LogP contribution is 1.99. The number of carboxylic acids is 1. The number of hydrogen-bond donors (Lipinski definition) is 3. The van der Waals surface area contributed by atoms with E-state index < -0.39 is 17.9 Å². The van der Waals surface area contributed by atoms with E-state index in [1.54, 1.807) is 6.08 Å². The number of primary amides is 1. The minimum Gasteiger partial charge on any atom is -0.480 e. The first-order valence-electron chi connectivity index (χ1n) is 4.88. The van der Waals surface area contributed by atoms with Crippen molar-refractivity contribution in [3.8, 4) is 0 Å². The molecule has 0 bridgehead atoms. The largest absolute Gasteiger partial charge is 0.480 e. The van der Waals surface area contributed by atoms with E-state index in [0.29, 0.717) is 6.42 Å². The number of nitrogens with two attached hydrogens (primary N) is 1. The van der Waals surface area contributed by atoms with Gasteiger partial charge in [0.15, 0.2) is 0 Å². The number of amides is 2. The summed E-state index contributed by atoms with van der Waals surface area (Å²) in [4.78, 5) is 32.4. The van der Waals surface area contributed by atoms with Crippen LogP contribution in [-0.4, -0.2) is 28.9 Å². The lowest BCUT2D eigenvalue weighted by Gasteiger charge is -2.13. The number of allylic oxidation sites excluding steroid dienone is 1. The lowest BCUT2D eigenvalue weighted by atomic mass is 10.1. The zero-order valence-electron chi connectivity index (χ0n) is 8.94. The van der Waals surface area contributed by atoms with Gasteiger partial charge in [0.2, 0.25) is 11.8 Å². The first-order valence-corrected chi connectivity index (χ1v) is 4.88. The van der Waals surface area contributed by atoms with E-state index in [-0.39, 0.29) is 25.2 Å². The number of nitrogens with one attached hydrogen (secondary N) is 1. The number of carbonyl (C=O) groups excluding carboxylic acids is 2. The Morgan fingerprint density at radius 3 is 2.44 bits per heavy atom. The van der Waals surface area contributed by atoms with Gasteiger partial charge in [-0.3, -0.25) is 9.59 Å². The Balaban J connectivity index is 4.11. The smallest absolute Gasteiger partial charge is 0.326 e. The van der Waals surface area contributed by atoms with Crippen LogP contribution in [0.2, 0.25) is 0 Å². The molecule has 0 aliphatic carbocycles. The Hall–Kier alpha value is -1.85. The molecule has 0 aliphatic heterocycles. The molecule has 0 heterocycles. The molecule has 2 amide bonds. The van der Waals surface area contributed by atoms with Crippen LogP contribution < -0.4 is 11.1 Å². The lowest BCUT2D eigenvalue weighted by Crippen LogP contribution is -2.41. The van der Waals surface area contributed by atoms with Crippen LogP contribution in [0, 0.1) is 0 Å². The second kappa shape index (κ2) is 7.44. The van der Waals surface area contributed by atoms with Crippen molar-refractivity contribution in [2.24, 2.45) is 5.73 Å². The van der Waals surface area contributed by atoms with Crippen molar-refractivity contribution in [1.82, 2.24) is 5.32 Å². The van der Waals surface area contributed by atoms with Gasteiger partial charge in [-0.25, -0.2) is 4.79 Å². The van der Waals surface area contributed by atoms with Crippen LogP contribution in [0.5, 0.6) is 0 Å². The number of hydrogen-bond acceptors (Lipinski definition) is 3. The van der Waals surface area contributed by atoms with Gasteiger partial charge in [-0.05, 0) is 12.8 Å².